The van der Waals surface area contributed by atoms with Crippen LogP contribution in [0.25, 0.3) is 0 Å². The molecule has 1 rings (SSSR count). The average Bonchev–Trinajstić information content (AvgIpc) is 2.03. The van der Waals surface area contributed by atoms with Crippen LogP contribution in [0.2, 0.25) is 0 Å². The van der Waals surface area contributed by atoms with E-state index in [4.69, 9.17) is 5.14 Å². The maximum absolute atomic E-state index is 10.9. The molecule has 5 nitrogen and oxygen atoms in total. The summed E-state index contributed by atoms with van der Waals surface area (Å²) < 4.78 is 25.1. The van der Waals surface area contributed by atoms with Crippen molar-refractivity contribution >= 4 is 22.2 Å². The van der Waals surface area contributed by atoms with E-state index in [0.29, 0.717) is 13.1 Å². The monoisotopic (exact) mass is 211 g/mol. The Kier molecular flexibility index (Phi) is 3.36. The van der Waals surface area contributed by atoms with Gasteiger partial charge in [0.25, 0.3) is 10.2 Å². The third-order valence-corrected chi connectivity index (χ3v) is 3.78. The molecule has 12 heavy (non-hydrogen) atoms. The summed E-state index contributed by atoms with van der Waals surface area (Å²) in [6, 6.07) is 0. The molecule has 0 radical (unpaired) electrons. The van der Waals surface area contributed by atoms with Crippen molar-refractivity contribution in [2.75, 3.05) is 32.4 Å². The van der Waals surface area contributed by atoms with Gasteiger partial charge in [0, 0.05) is 26.2 Å². The van der Waals surface area contributed by atoms with Gasteiger partial charge in [0.2, 0.25) is 0 Å². The molecule has 0 amide bonds. The van der Waals surface area contributed by atoms with Gasteiger partial charge < -0.3 is 0 Å². The highest BCUT2D eigenvalue weighted by molar-refractivity contribution is 7.96. The molecule has 0 aromatic carbocycles. The van der Waals surface area contributed by atoms with E-state index in [1.54, 1.807) is 11.9 Å². The van der Waals surface area contributed by atoms with Gasteiger partial charge in [-0.15, -0.1) is 0 Å². The van der Waals surface area contributed by atoms with Crippen LogP contribution in [0.4, 0.5) is 0 Å². The zero-order valence-corrected chi connectivity index (χ0v) is 8.57. The van der Waals surface area contributed by atoms with E-state index < -0.39 is 10.2 Å². The molecule has 1 heterocycles. The number of hydrogen-bond acceptors (Lipinski definition) is 4. The number of rotatable bonds is 2. The number of piperazine rings is 1. The highest BCUT2D eigenvalue weighted by atomic mass is 32.2. The molecular weight excluding hydrogens is 198 g/mol. The van der Waals surface area contributed by atoms with Crippen LogP contribution < -0.4 is 5.14 Å². The molecule has 0 aliphatic carbocycles. The molecule has 0 saturated carbocycles. The lowest BCUT2D eigenvalue weighted by Crippen LogP contribution is -2.48. The van der Waals surface area contributed by atoms with Crippen LogP contribution in [-0.2, 0) is 10.2 Å². The van der Waals surface area contributed by atoms with Crippen molar-refractivity contribution in [2.24, 2.45) is 5.14 Å². The van der Waals surface area contributed by atoms with Crippen molar-refractivity contribution < 1.29 is 8.42 Å². The van der Waals surface area contributed by atoms with Crippen LogP contribution in [0.5, 0.6) is 0 Å². The van der Waals surface area contributed by atoms with E-state index in [1.807, 2.05) is 6.26 Å². The molecular formula is C5H13N3O2S2. The van der Waals surface area contributed by atoms with Crippen molar-refractivity contribution in [3.8, 4) is 0 Å². The van der Waals surface area contributed by atoms with Crippen molar-refractivity contribution in [3.63, 3.8) is 0 Å². The second-order valence-electron chi connectivity index (χ2n) is 2.56. The molecule has 1 aliphatic heterocycles. The molecule has 72 valence electrons. The Bertz CT molecular complexity index is 233. The van der Waals surface area contributed by atoms with Gasteiger partial charge in [-0.1, -0.05) is 11.9 Å². The van der Waals surface area contributed by atoms with Gasteiger partial charge in [0.05, 0.1) is 0 Å². The summed E-state index contributed by atoms with van der Waals surface area (Å²) in [5.41, 5.74) is 0. The summed E-state index contributed by atoms with van der Waals surface area (Å²) in [5, 5.41) is 4.97. The Labute approximate surface area is 77.2 Å². The Morgan fingerprint density at radius 1 is 1.25 bits per heavy atom. The summed E-state index contributed by atoms with van der Waals surface area (Å²) >= 11 is 1.63. The average molecular weight is 211 g/mol. The highest BCUT2D eigenvalue weighted by Crippen LogP contribution is 2.10. The fraction of sp³-hybridized carbons (Fsp3) is 1.00. The van der Waals surface area contributed by atoms with Crippen molar-refractivity contribution in [3.05, 3.63) is 0 Å². The molecule has 0 unspecified atom stereocenters. The summed E-state index contributed by atoms with van der Waals surface area (Å²) in [6.07, 6.45) is 1.98. The van der Waals surface area contributed by atoms with Gasteiger partial charge in [-0.3, -0.25) is 0 Å². The fourth-order valence-electron chi connectivity index (χ4n) is 1.11. The minimum atomic E-state index is -3.46. The number of hydrogen-bond donors (Lipinski definition) is 1. The third kappa shape index (κ3) is 2.60. The standard InChI is InChI=1S/C5H13N3O2S2/c1-11-7-2-4-8(5-3-7)12(6,9)10/h2-5H2,1H3,(H2,6,9,10). The van der Waals surface area contributed by atoms with Crippen LogP contribution in [0, 0.1) is 0 Å². The van der Waals surface area contributed by atoms with E-state index in [0.717, 1.165) is 13.1 Å². The molecule has 0 bridgehead atoms. The predicted molar refractivity (Wildman–Crippen MR) is 49.8 cm³/mol. The van der Waals surface area contributed by atoms with Gasteiger partial charge in [0.15, 0.2) is 0 Å². The Hall–Kier alpha value is 0.180. The van der Waals surface area contributed by atoms with Crippen molar-refractivity contribution in [2.45, 2.75) is 0 Å². The molecule has 0 spiro atoms. The van der Waals surface area contributed by atoms with E-state index >= 15 is 0 Å². The summed E-state index contributed by atoms with van der Waals surface area (Å²) in [6.45, 7) is 2.49. The van der Waals surface area contributed by atoms with Crippen molar-refractivity contribution in [1.82, 2.24) is 8.61 Å². The molecule has 0 aromatic heterocycles. The second-order valence-corrected chi connectivity index (χ2v) is 4.98. The van der Waals surface area contributed by atoms with E-state index in [9.17, 15) is 8.42 Å². The second kappa shape index (κ2) is 3.93. The first-order valence-corrected chi connectivity index (χ1v) is 6.29. The van der Waals surface area contributed by atoms with Crippen LogP contribution in [0.15, 0.2) is 0 Å². The molecule has 2 N–H and O–H groups in total. The zero-order chi connectivity index (χ0) is 9.19. The lowest BCUT2D eigenvalue weighted by Gasteiger charge is -2.30. The predicted octanol–water partition coefficient (Wildman–Crippen LogP) is -0.914. The maximum Gasteiger partial charge on any atom is 0.276 e. The lowest BCUT2D eigenvalue weighted by molar-refractivity contribution is 0.290. The zero-order valence-electron chi connectivity index (χ0n) is 6.93. The molecule has 0 aromatic rings. The summed E-state index contributed by atoms with van der Waals surface area (Å²) in [4.78, 5) is 0. The van der Waals surface area contributed by atoms with Gasteiger partial charge in [0.1, 0.15) is 0 Å². The Morgan fingerprint density at radius 3 is 2.08 bits per heavy atom. The minimum absolute atomic E-state index is 0.500. The topological polar surface area (TPSA) is 66.6 Å². The SMILES string of the molecule is CSN1CCN(S(N)(=O)=O)CC1. The summed E-state index contributed by atoms with van der Waals surface area (Å²) in [7, 11) is -3.46. The maximum atomic E-state index is 10.9. The Morgan fingerprint density at radius 2 is 1.75 bits per heavy atom. The first kappa shape index (κ1) is 10.3. The molecule has 1 fully saturated rings. The normalized spacial score (nSPS) is 22.8. The number of nitrogens with two attached hydrogens (primary N) is 1. The van der Waals surface area contributed by atoms with Gasteiger partial charge in [-0.2, -0.15) is 12.7 Å². The van der Waals surface area contributed by atoms with Gasteiger partial charge in [-0.05, 0) is 6.26 Å². The quantitative estimate of drug-likeness (QED) is 0.600. The summed E-state index contributed by atoms with van der Waals surface area (Å²) in [5.74, 6) is 0. The first-order chi connectivity index (χ1) is 5.54. The van der Waals surface area contributed by atoms with Gasteiger partial charge in [-0.25, -0.2) is 9.44 Å². The Balaban J connectivity index is 2.47. The minimum Gasteiger partial charge on any atom is -0.248 e. The van der Waals surface area contributed by atoms with Crippen LogP contribution in [-0.4, -0.2) is 49.5 Å². The smallest absolute Gasteiger partial charge is 0.248 e. The first-order valence-electron chi connectivity index (χ1n) is 3.61. The molecule has 7 heteroatoms. The fourth-order valence-corrected chi connectivity index (χ4v) is 2.31. The van der Waals surface area contributed by atoms with Crippen molar-refractivity contribution in [1.29, 1.82) is 0 Å². The van der Waals surface area contributed by atoms with E-state index in [2.05, 4.69) is 4.31 Å². The third-order valence-electron chi connectivity index (χ3n) is 1.82. The molecule has 1 aliphatic rings. The van der Waals surface area contributed by atoms with Gasteiger partial charge >= 0.3 is 0 Å². The lowest BCUT2D eigenvalue weighted by atomic mass is 10.4. The molecule has 1 saturated heterocycles. The highest BCUT2D eigenvalue weighted by Gasteiger charge is 2.22. The number of nitrogens with zero attached hydrogens (tertiary/aromatic N) is 2. The molecule has 0 atom stereocenters. The van der Waals surface area contributed by atoms with Crippen LogP contribution >= 0.6 is 11.9 Å². The van der Waals surface area contributed by atoms with E-state index in [1.165, 1.54) is 4.31 Å². The largest absolute Gasteiger partial charge is 0.276 e. The van der Waals surface area contributed by atoms with E-state index in [-0.39, 0.29) is 0 Å². The van der Waals surface area contributed by atoms with Crippen LogP contribution in [0.3, 0.4) is 0 Å². The van der Waals surface area contributed by atoms with Crippen LogP contribution in [0.1, 0.15) is 0 Å².